The van der Waals surface area contributed by atoms with Crippen LogP contribution in [0.15, 0.2) is 48.5 Å². The molecular weight excluding hydrogens is 440 g/mol. The lowest BCUT2D eigenvalue weighted by Crippen LogP contribution is -2.57. The summed E-state index contributed by atoms with van der Waals surface area (Å²) in [6.45, 7) is 5.64. The lowest BCUT2D eigenvalue weighted by atomic mass is 9.85. The number of ether oxygens (including phenoxy) is 1. The molecule has 2 aliphatic rings. The van der Waals surface area contributed by atoms with Crippen LogP contribution in [0.1, 0.15) is 37.8 Å². The molecule has 0 radical (unpaired) electrons. The molecule has 0 aromatic heterocycles. The number of carbonyl (C=O) groups excluding carboxylic acids is 2. The fourth-order valence-electron chi connectivity index (χ4n) is 4.44. The van der Waals surface area contributed by atoms with E-state index in [1.165, 1.54) is 16.7 Å². The van der Waals surface area contributed by atoms with Crippen LogP contribution in [-0.4, -0.2) is 58.3 Å². The number of nitrogens with one attached hydrogen (secondary N) is 1. The first-order valence-electron chi connectivity index (χ1n) is 10.9. The normalized spacial score (nSPS) is 18.4. The zero-order chi connectivity index (χ0) is 23.8. The van der Waals surface area contributed by atoms with Crippen molar-refractivity contribution in [3.8, 4) is 11.1 Å². The summed E-state index contributed by atoms with van der Waals surface area (Å²) in [7, 11) is 0. The van der Waals surface area contributed by atoms with Gasteiger partial charge in [0.15, 0.2) is 0 Å². The van der Waals surface area contributed by atoms with Crippen molar-refractivity contribution in [1.82, 2.24) is 10.2 Å². The average molecular weight is 469 g/mol. The molecule has 174 valence electrons. The Labute approximate surface area is 197 Å². The summed E-state index contributed by atoms with van der Waals surface area (Å²) in [5.41, 5.74) is 3.85. The van der Waals surface area contributed by atoms with Crippen LogP contribution < -0.4 is 5.32 Å². The summed E-state index contributed by atoms with van der Waals surface area (Å²) in [6, 6.07) is 14.3. The van der Waals surface area contributed by atoms with Crippen LogP contribution in [-0.2, 0) is 14.3 Å². The van der Waals surface area contributed by atoms with E-state index in [4.69, 9.17) is 4.74 Å². The van der Waals surface area contributed by atoms with Crippen molar-refractivity contribution in [2.75, 3.05) is 18.2 Å². The number of benzene rings is 2. The SMILES string of the molecule is CC(C)(C)[C@H](NC(=O)OCC1c2ccccc2-c2ccccc21)C(=O)N1CSCC1C(=O)O. The number of alkyl carbamates (subject to hydrolysis) is 1. The van der Waals surface area contributed by atoms with Gasteiger partial charge in [-0.25, -0.2) is 9.59 Å². The quantitative estimate of drug-likeness (QED) is 0.690. The van der Waals surface area contributed by atoms with E-state index < -0.39 is 35.5 Å². The maximum atomic E-state index is 13.2. The molecule has 2 N–H and O–H groups in total. The molecule has 2 amide bonds. The molecule has 0 spiro atoms. The fourth-order valence-corrected chi connectivity index (χ4v) is 5.59. The number of amides is 2. The highest BCUT2D eigenvalue weighted by molar-refractivity contribution is 7.99. The van der Waals surface area contributed by atoms with Crippen molar-refractivity contribution < 1.29 is 24.2 Å². The van der Waals surface area contributed by atoms with Crippen LogP contribution >= 0.6 is 11.8 Å². The van der Waals surface area contributed by atoms with Gasteiger partial charge in [-0.05, 0) is 27.7 Å². The van der Waals surface area contributed by atoms with Gasteiger partial charge in [-0.2, -0.15) is 0 Å². The minimum Gasteiger partial charge on any atom is -0.480 e. The van der Waals surface area contributed by atoms with E-state index in [9.17, 15) is 19.5 Å². The van der Waals surface area contributed by atoms with Crippen molar-refractivity contribution in [1.29, 1.82) is 0 Å². The van der Waals surface area contributed by atoms with Crippen LogP contribution in [0.2, 0.25) is 0 Å². The summed E-state index contributed by atoms with van der Waals surface area (Å²) in [4.78, 5) is 38.9. The zero-order valence-electron chi connectivity index (χ0n) is 18.9. The number of carboxylic acid groups (broad SMARTS) is 1. The first kappa shape index (κ1) is 23.2. The maximum Gasteiger partial charge on any atom is 0.407 e. The number of hydrogen-bond donors (Lipinski definition) is 2. The summed E-state index contributed by atoms with van der Waals surface area (Å²) in [6.07, 6.45) is -0.691. The minimum absolute atomic E-state index is 0.0849. The Kier molecular flexibility index (Phi) is 6.38. The third kappa shape index (κ3) is 4.57. The third-order valence-electron chi connectivity index (χ3n) is 6.17. The number of carbonyl (C=O) groups is 3. The molecule has 1 heterocycles. The number of nitrogens with zero attached hydrogens (tertiary/aromatic N) is 1. The molecular formula is C25H28N2O5S. The minimum atomic E-state index is -1.04. The van der Waals surface area contributed by atoms with Crippen molar-refractivity contribution in [2.24, 2.45) is 5.41 Å². The molecule has 0 bridgehead atoms. The highest BCUT2D eigenvalue weighted by Crippen LogP contribution is 2.44. The Hall–Kier alpha value is -3.00. The van der Waals surface area contributed by atoms with Crippen LogP contribution in [0.4, 0.5) is 4.79 Å². The average Bonchev–Trinajstić information content (AvgIpc) is 3.38. The second-order valence-corrected chi connectivity index (χ2v) is 10.4. The molecule has 4 rings (SSSR count). The molecule has 1 unspecified atom stereocenters. The molecule has 1 aliphatic carbocycles. The second-order valence-electron chi connectivity index (χ2n) is 9.43. The van der Waals surface area contributed by atoms with Gasteiger partial charge in [-0.3, -0.25) is 4.79 Å². The zero-order valence-corrected chi connectivity index (χ0v) is 19.7. The predicted molar refractivity (Wildman–Crippen MR) is 127 cm³/mol. The summed E-state index contributed by atoms with van der Waals surface area (Å²) in [5.74, 6) is -0.911. The Morgan fingerprint density at radius 3 is 2.21 bits per heavy atom. The van der Waals surface area contributed by atoms with Gasteiger partial charge in [0, 0.05) is 11.7 Å². The van der Waals surface area contributed by atoms with E-state index in [0.29, 0.717) is 5.75 Å². The van der Waals surface area contributed by atoms with Crippen molar-refractivity contribution >= 4 is 29.7 Å². The Balaban J connectivity index is 1.47. The van der Waals surface area contributed by atoms with Gasteiger partial charge >= 0.3 is 12.1 Å². The van der Waals surface area contributed by atoms with Crippen LogP contribution in [0.3, 0.4) is 0 Å². The van der Waals surface area contributed by atoms with E-state index in [1.807, 2.05) is 57.2 Å². The molecule has 7 nitrogen and oxygen atoms in total. The highest BCUT2D eigenvalue weighted by atomic mass is 32.2. The molecule has 0 saturated carbocycles. The highest BCUT2D eigenvalue weighted by Gasteiger charge is 2.42. The van der Waals surface area contributed by atoms with Gasteiger partial charge in [0.05, 0.1) is 5.88 Å². The fraction of sp³-hybridized carbons (Fsp3) is 0.400. The lowest BCUT2D eigenvalue weighted by molar-refractivity contribution is -0.149. The summed E-state index contributed by atoms with van der Waals surface area (Å²) < 4.78 is 5.61. The molecule has 1 fully saturated rings. The number of hydrogen-bond acceptors (Lipinski definition) is 5. The monoisotopic (exact) mass is 468 g/mol. The number of rotatable bonds is 5. The number of fused-ring (bicyclic) bond motifs is 3. The Morgan fingerprint density at radius 1 is 1.09 bits per heavy atom. The van der Waals surface area contributed by atoms with Gasteiger partial charge in [0.1, 0.15) is 18.7 Å². The molecule has 2 aromatic rings. The van der Waals surface area contributed by atoms with Gasteiger partial charge in [0.2, 0.25) is 5.91 Å². The molecule has 1 aliphatic heterocycles. The molecule has 8 heteroatoms. The number of carboxylic acids is 1. The van der Waals surface area contributed by atoms with E-state index in [2.05, 4.69) is 17.4 Å². The maximum absolute atomic E-state index is 13.2. The van der Waals surface area contributed by atoms with Crippen molar-refractivity contribution in [2.45, 2.75) is 38.8 Å². The van der Waals surface area contributed by atoms with Gasteiger partial charge in [-0.1, -0.05) is 69.3 Å². The smallest absolute Gasteiger partial charge is 0.407 e. The molecule has 33 heavy (non-hydrogen) atoms. The summed E-state index contributed by atoms with van der Waals surface area (Å²) in [5, 5.41) is 12.2. The van der Waals surface area contributed by atoms with Crippen molar-refractivity contribution in [3.05, 3.63) is 59.7 Å². The van der Waals surface area contributed by atoms with E-state index in [1.54, 1.807) is 0 Å². The van der Waals surface area contributed by atoms with E-state index in [-0.39, 0.29) is 18.4 Å². The number of thioether (sulfide) groups is 1. The largest absolute Gasteiger partial charge is 0.480 e. The Morgan fingerprint density at radius 2 is 1.67 bits per heavy atom. The molecule has 2 atom stereocenters. The third-order valence-corrected chi connectivity index (χ3v) is 7.18. The Bertz CT molecular complexity index is 1030. The van der Waals surface area contributed by atoms with Gasteiger partial charge < -0.3 is 20.1 Å². The van der Waals surface area contributed by atoms with Gasteiger partial charge in [-0.15, -0.1) is 11.8 Å². The predicted octanol–water partition coefficient (Wildman–Crippen LogP) is 3.93. The molecule has 1 saturated heterocycles. The van der Waals surface area contributed by atoms with Crippen LogP contribution in [0.5, 0.6) is 0 Å². The van der Waals surface area contributed by atoms with E-state index >= 15 is 0 Å². The van der Waals surface area contributed by atoms with Crippen LogP contribution in [0, 0.1) is 5.41 Å². The second kappa shape index (κ2) is 9.09. The lowest BCUT2D eigenvalue weighted by Gasteiger charge is -2.34. The standard InChI is InChI=1S/C25H28N2O5S/c1-25(2,3)21(22(28)27-14-33-13-20(27)23(29)30)26-24(31)32-12-19-17-10-6-4-8-15(17)16-9-5-7-11-18(16)19/h4-11,19-21H,12-14H2,1-3H3,(H,26,31)(H,29,30)/t20?,21-/m1/s1. The van der Waals surface area contributed by atoms with Crippen molar-refractivity contribution in [3.63, 3.8) is 0 Å². The van der Waals surface area contributed by atoms with Crippen LogP contribution in [0.25, 0.3) is 11.1 Å². The number of aliphatic carboxylic acids is 1. The summed E-state index contributed by atoms with van der Waals surface area (Å²) >= 11 is 1.39. The molecule has 2 aromatic carbocycles. The first-order valence-corrected chi connectivity index (χ1v) is 12.1. The van der Waals surface area contributed by atoms with E-state index in [0.717, 1.165) is 22.3 Å². The van der Waals surface area contributed by atoms with Gasteiger partial charge in [0.25, 0.3) is 0 Å². The first-order chi connectivity index (χ1) is 15.7. The topological polar surface area (TPSA) is 95.9 Å².